The molecule has 3 heterocycles. The summed E-state index contributed by atoms with van der Waals surface area (Å²) in [5.41, 5.74) is 4.09. The zero-order valence-electron chi connectivity index (χ0n) is 17.4. The van der Waals surface area contributed by atoms with Crippen molar-refractivity contribution in [1.82, 2.24) is 20.2 Å². The number of benzene rings is 1. The second-order valence-electron chi connectivity index (χ2n) is 8.00. The summed E-state index contributed by atoms with van der Waals surface area (Å²) in [6.07, 6.45) is 1.84. The molecule has 1 aliphatic rings. The maximum absolute atomic E-state index is 12.7. The van der Waals surface area contributed by atoms with Crippen LogP contribution in [0.4, 0.5) is 5.82 Å². The van der Waals surface area contributed by atoms with E-state index in [1.54, 1.807) is 0 Å². The number of rotatable bonds is 5. The lowest BCUT2D eigenvalue weighted by Crippen LogP contribution is -2.51. The Hall–Kier alpha value is -2.86. The molecule has 1 saturated heterocycles. The van der Waals surface area contributed by atoms with Gasteiger partial charge in [0.2, 0.25) is 0 Å². The fourth-order valence-electron chi connectivity index (χ4n) is 4.02. The van der Waals surface area contributed by atoms with Gasteiger partial charge < -0.3 is 15.2 Å². The van der Waals surface area contributed by atoms with Crippen LogP contribution in [0.1, 0.15) is 28.5 Å². The van der Waals surface area contributed by atoms with Crippen molar-refractivity contribution in [2.24, 2.45) is 0 Å². The van der Waals surface area contributed by atoms with Gasteiger partial charge in [0.05, 0.1) is 0 Å². The molecule has 2 aromatic heterocycles. The second kappa shape index (κ2) is 8.25. The molecular weight excluding hydrogens is 362 g/mol. The summed E-state index contributed by atoms with van der Waals surface area (Å²) in [5.74, 6) is 0.996. The molecule has 4 rings (SSSR count). The first-order chi connectivity index (χ1) is 14.0. The van der Waals surface area contributed by atoms with Crippen molar-refractivity contribution in [2.75, 3.05) is 37.6 Å². The van der Waals surface area contributed by atoms with Crippen molar-refractivity contribution < 1.29 is 4.79 Å². The molecule has 1 aliphatic heterocycles. The number of anilines is 1. The molecule has 0 aliphatic carbocycles. The number of carbonyl (C=O) groups is 1. The lowest BCUT2D eigenvalue weighted by atomic mass is 10.1. The number of aryl methyl sites for hydroxylation is 2. The number of hydrogen-bond donors (Lipinski definition) is 2. The van der Waals surface area contributed by atoms with Gasteiger partial charge in [-0.3, -0.25) is 9.69 Å². The van der Waals surface area contributed by atoms with E-state index in [0.29, 0.717) is 5.69 Å². The molecule has 6 heteroatoms. The van der Waals surface area contributed by atoms with Gasteiger partial charge in [-0.2, -0.15) is 0 Å². The van der Waals surface area contributed by atoms with Crippen LogP contribution in [0.15, 0.2) is 42.6 Å². The zero-order valence-corrected chi connectivity index (χ0v) is 17.4. The maximum atomic E-state index is 12.7. The van der Waals surface area contributed by atoms with E-state index in [2.05, 4.69) is 58.0 Å². The van der Waals surface area contributed by atoms with E-state index >= 15 is 0 Å². The standard InChI is InChI=1S/C23H29N5O/c1-16-7-8-20-19(18(16)3)14-21(26-20)23(29)25-17(2)15-27-10-12-28(13-11-27)22-6-4-5-9-24-22/h4-9,14,17,26H,10-13,15H2,1-3H3,(H,25,29). The van der Waals surface area contributed by atoms with Crippen molar-refractivity contribution >= 4 is 22.6 Å². The number of H-pyrrole nitrogens is 1. The number of nitrogens with one attached hydrogen (secondary N) is 2. The molecule has 0 radical (unpaired) electrons. The quantitative estimate of drug-likeness (QED) is 0.701. The Morgan fingerprint density at radius 1 is 1.17 bits per heavy atom. The minimum Gasteiger partial charge on any atom is -0.354 e. The first-order valence-corrected chi connectivity index (χ1v) is 10.3. The number of aromatic amines is 1. The largest absolute Gasteiger partial charge is 0.354 e. The molecule has 2 N–H and O–H groups in total. The highest BCUT2D eigenvalue weighted by Crippen LogP contribution is 2.22. The summed E-state index contributed by atoms with van der Waals surface area (Å²) in [4.78, 5) is 25.1. The monoisotopic (exact) mass is 391 g/mol. The molecule has 1 unspecified atom stereocenters. The average molecular weight is 392 g/mol. The van der Waals surface area contributed by atoms with Gasteiger partial charge in [0, 0.05) is 55.9 Å². The van der Waals surface area contributed by atoms with Crippen LogP contribution in [0.25, 0.3) is 10.9 Å². The van der Waals surface area contributed by atoms with Gasteiger partial charge in [-0.25, -0.2) is 4.98 Å². The van der Waals surface area contributed by atoms with Crippen LogP contribution in [0.2, 0.25) is 0 Å². The predicted molar refractivity (Wildman–Crippen MR) is 118 cm³/mol. The zero-order chi connectivity index (χ0) is 20.4. The van der Waals surface area contributed by atoms with Gasteiger partial charge in [0.1, 0.15) is 11.5 Å². The Bertz CT molecular complexity index is 989. The molecule has 0 spiro atoms. The average Bonchev–Trinajstić information content (AvgIpc) is 3.17. The van der Waals surface area contributed by atoms with Gasteiger partial charge in [0.25, 0.3) is 5.91 Å². The number of fused-ring (bicyclic) bond motifs is 1. The van der Waals surface area contributed by atoms with Crippen LogP contribution in [0, 0.1) is 13.8 Å². The van der Waals surface area contributed by atoms with Crippen molar-refractivity contribution in [2.45, 2.75) is 26.8 Å². The maximum Gasteiger partial charge on any atom is 0.267 e. The summed E-state index contributed by atoms with van der Waals surface area (Å²) in [5, 5.41) is 4.26. The molecule has 1 aromatic carbocycles. The van der Waals surface area contributed by atoms with Crippen LogP contribution < -0.4 is 10.2 Å². The second-order valence-corrected chi connectivity index (χ2v) is 8.00. The Balaban J connectivity index is 1.31. The number of carbonyl (C=O) groups excluding carboxylic acids is 1. The highest BCUT2D eigenvalue weighted by molar-refractivity contribution is 5.99. The number of hydrogen-bond acceptors (Lipinski definition) is 4. The number of pyridine rings is 1. The SMILES string of the molecule is Cc1ccc2[nH]c(C(=O)NC(C)CN3CCN(c4ccccn4)CC3)cc2c1C. The van der Waals surface area contributed by atoms with Crippen LogP contribution in [-0.4, -0.2) is 59.5 Å². The number of nitrogens with zero attached hydrogens (tertiary/aromatic N) is 3. The van der Waals surface area contributed by atoms with Gasteiger partial charge in [0.15, 0.2) is 0 Å². The molecule has 1 fully saturated rings. The number of amides is 1. The Morgan fingerprint density at radius 2 is 1.97 bits per heavy atom. The molecule has 6 nitrogen and oxygen atoms in total. The first-order valence-electron chi connectivity index (χ1n) is 10.3. The third-order valence-electron chi connectivity index (χ3n) is 5.84. The Labute approximate surface area is 171 Å². The van der Waals surface area contributed by atoms with Gasteiger partial charge in [-0.15, -0.1) is 0 Å². The van der Waals surface area contributed by atoms with Crippen molar-refractivity contribution in [3.8, 4) is 0 Å². The predicted octanol–water partition coefficient (Wildman–Crippen LogP) is 3.12. The highest BCUT2D eigenvalue weighted by Gasteiger charge is 2.21. The van der Waals surface area contributed by atoms with Crippen LogP contribution in [0.5, 0.6) is 0 Å². The molecule has 0 bridgehead atoms. The molecule has 3 aromatic rings. The van der Waals surface area contributed by atoms with E-state index in [1.165, 1.54) is 11.1 Å². The fourth-order valence-corrected chi connectivity index (χ4v) is 4.02. The van der Waals surface area contributed by atoms with Crippen molar-refractivity contribution in [3.05, 3.63) is 59.4 Å². The molecule has 1 amide bonds. The van der Waals surface area contributed by atoms with E-state index in [-0.39, 0.29) is 11.9 Å². The van der Waals surface area contributed by atoms with E-state index in [9.17, 15) is 4.79 Å². The first kappa shape index (κ1) is 19.5. The molecular formula is C23H29N5O. The topological polar surface area (TPSA) is 64.3 Å². The molecule has 1 atom stereocenters. The minimum absolute atomic E-state index is 0.0436. The van der Waals surface area contributed by atoms with Gasteiger partial charge in [-0.1, -0.05) is 12.1 Å². The van der Waals surface area contributed by atoms with Gasteiger partial charge >= 0.3 is 0 Å². The molecule has 29 heavy (non-hydrogen) atoms. The fraction of sp³-hybridized carbons (Fsp3) is 0.391. The summed E-state index contributed by atoms with van der Waals surface area (Å²) in [7, 11) is 0. The van der Waals surface area contributed by atoms with E-state index < -0.39 is 0 Å². The lowest BCUT2D eigenvalue weighted by molar-refractivity contribution is 0.0924. The molecule has 152 valence electrons. The van der Waals surface area contributed by atoms with E-state index in [0.717, 1.165) is 49.4 Å². The summed E-state index contributed by atoms with van der Waals surface area (Å²) < 4.78 is 0. The minimum atomic E-state index is -0.0436. The van der Waals surface area contributed by atoms with E-state index in [4.69, 9.17) is 0 Å². The van der Waals surface area contributed by atoms with Crippen molar-refractivity contribution in [3.63, 3.8) is 0 Å². The summed E-state index contributed by atoms with van der Waals surface area (Å²) >= 11 is 0. The van der Waals surface area contributed by atoms with Crippen LogP contribution in [-0.2, 0) is 0 Å². The summed E-state index contributed by atoms with van der Waals surface area (Å²) in [6, 6.07) is 12.2. The Kier molecular flexibility index (Phi) is 5.53. The van der Waals surface area contributed by atoms with Crippen molar-refractivity contribution in [1.29, 1.82) is 0 Å². The van der Waals surface area contributed by atoms with Crippen LogP contribution in [0.3, 0.4) is 0 Å². The number of piperazine rings is 1. The Morgan fingerprint density at radius 3 is 2.69 bits per heavy atom. The number of aromatic nitrogens is 2. The smallest absolute Gasteiger partial charge is 0.267 e. The lowest BCUT2D eigenvalue weighted by Gasteiger charge is -2.36. The third-order valence-corrected chi connectivity index (χ3v) is 5.84. The highest BCUT2D eigenvalue weighted by atomic mass is 16.1. The van der Waals surface area contributed by atoms with E-state index in [1.807, 2.05) is 30.5 Å². The summed E-state index contributed by atoms with van der Waals surface area (Å²) in [6.45, 7) is 11.0. The normalized spacial score (nSPS) is 16.2. The van der Waals surface area contributed by atoms with Crippen LogP contribution >= 0.6 is 0 Å². The van der Waals surface area contributed by atoms with Gasteiger partial charge in [-0.05, 0) is 56.2 Å². The molecule has 0 saturated carbocycles. The third kappa shape index (κ3) is 4.27.